The number of nitrogens with zero attached hydrogens (tertiary/aromatic N) is 3. The van der Waals surface area contributed by atoms with Crippen LogP contribution in [0.25, 0.3) is 0 Å². The highest BCUT2D eigenvalue weighted by molar-refractivity contribution is 6.34. The molecule has 1 saturated heterocycles. The van der Waals surface area contributed by atoms with E-state index in [2.05, 4.69) is 18.1 Å². The Labute approximate surface area is 164 Å². The van der Waals surface area contributed by atoms with Gasteiger partial charge in [0.15, 0.2) is 17.2 Å². The molecule has 7 heteroatoms. The fourth-order valence-corrected chi connectivity index (χ4v) is 4.29. The van der Waals surface area contributed by atoms with Crippen LogP contribution in [0.2, 0.25) is 5.02 Å². The summed E-state index contributed by atoms with van der Waals surface area (Å²) in [5.41, 5.74) is 2.35. The lowest BCUT2D eigenvalue weighted by Crippen LogP contribution is -2.46. The Morgan fingerprint density at radius 1 is 1.33 bits per heavy atom. The Hall–Kier alpha value is -2.21. The number of benzene rings is 1. The highest BCUT2D eigenvalue weighted by Gasteiger charge is 2.35. The van der Waals surface area contributed by atoms with E-state index in [1.807, 2.05) is 24.0 Å². The number of aryl methyl sites for hydroxylation is 1. The molecule has 4 rings (SSSR count). The van der Waals surface area contributed by atoms with Crippen molar-refractivity contribution in [2.45, 2.75) is 33.1 Å². The number of rotatable bonds is 3. The van der Waals surface area contributed by atoms with Crippen LogP contribution in [0.1, 0.15) is 41.5 Å². The minimum atomic E-state index is -0.0830. The van der Waals surface area contributed by atoms with Gasteiger partial charge in [0, 0.05) is 20.1 Å². The summed E-state index contributed by atoms with van der Waals surface area (Å²) in [6, 6.07) is 6.09. The molecule has 1 atom stereocenters. The van der Waals surface area contributed by atoms with Crippen LogP contribution in [-0.4, -0.2) is 40.5 Å². The van der Waals surface area contributed by atoms with Crippen molar-refractivity contribution in [1.82, 2.24) is 14.7 Å². The third-order valence-corrected chi connectivity index (χ3v) is 6.05. The number of aromatic nitrogens is 2. The van der Waals surface area contributed by atoms with Gasteiger partial charge in [-0.1, -0.05) is 24.6 Å². The van der Waals surface area contributed by atoms with Crippen LogP contribution >= 0.6 is 11.6 Å². The molecule has 1 aromatic carbocycles. The Bertz CT molecular complexity index is 895. The number of halogens is 1. The zero-order valence-electron chi connectivity index (χ0n) is 15.9. The second-order valence-electron chi connectivity index (χ2n) is 7.88. The van der Waals surface area contributed by atoms with Crippen LogP contribution < -0.4 is 9.47 Å². The molecule has 27 heavy (non-hydrogen) atoms. The van der Waals surface area contributed by atoms with Gasteiger partial charge in [-0.2, -0.15) is 5.10 Å². The van der Waals surface area contributed by atoms with Gasteiger partial charge in [-0.25, -0.2) is 0 Å². The van der Waals surface area contributed by atoms with Crippen molar-refractivity contribution in [2.24, 2.45) is 12.5 Å². The van der Waals surface area contributed by atoms with Gasteiger partial charge in [-0.3, -0.25) is 9.48 Å². The van der Waals surface area contributed by atoms with Crippen LogP contribution in [0, 0.1) is 12.3 Å². The van der Waals surface area contributed by atoms with Crippen LogP contribution in [0.5, 0.6) is 11.5 Å². The van der Waals surface area contributed by atoms with Gasteiger partial charge in [0.05, 0.1) is 10.7 Å². The standard InChI is InChI=1S/C20H24ClN3O3/c1-13-17(21)18(22-23(13)3)19(25)24-8-4-7-20(2,11-24)10-14-5-6-15-16(9-14)27-12-26-15/h5-6,9H,4,7-8,10-12H2,1-3H3. The van der Waals surface area contributed by atoms with Crippen molar-refractivity contribution < 1.29 is 14.3 Å². The molecule has 1 aromatic heterocycles. The number of piperidine rings is 1. The SMILES string of the molecule is Cc1c(Cl)c(C(=O)N2CCCC(C)(Cc3ccc4c(c3)OCO4)C2)nn1C. The number of ether oxygens (including phenoxy) is 2. The van der Waals surface area contributed by atoms with E-state index in [0.29, 0.717) is 17.3 Å². The maximum Gasteiger partial charge on any atom is 0.275 e. The summed E-state index contributed by atoms with van der Waals surface area (Å²) < 4.78 is 12.5. The van der Waals surface area contributed by atoms with Gasteiger partial charge in [-0.05, 0) is 49.3 Å². The van der Waals surface area contributed by atoms with E-state index in [1.165, 1.54) is 5.56 Å². The van der Waals surface area contributed by atoms with Crippen molar-refractivity contribution in [2.75, 3.05) is 19.9 Å². The van der Waals surface area contributed by atoms with Crippen molar-refractivity contribution in [3.63, 3.8) is 0 Å². The smallest absolute Gasteiger partial charge is 0.275 e. The molecule has 3 heterocycles. The first-order chi connectivity index (χ1) is 12.9. The average molecular weight is 390 g/mol. The molecule has 6 nitrogen and oxygen atoms in total. The Kier molecular flexibility index (Phi) is 4.54. The largest absolute Gasteiger partial charge is 0.454 e. The van der Waals surface area contributed by atoms with Crippen LogP contribution in [-0.2, 0) is 13.5 Å². The van der Waals surface area contributed by atoms with E-state index in [0.717, 1.165) is 43.0 Å². The number of hydrogen-bond acceptors (Lipinski definition) is 4. The molecule has 0 radical (unpaired) electrons. The molecule has 0 bridgehead atoms. The number of amides is 1. The second-order valence-corrected chi connectivity index (χ2v) is 8.25. The van der Waals surface area contributed by atoms with Gasteiger partial charge in [0.1, 0.15) is 0 Å². The third-order valence-electron chi connectivity index (χ3n) is 5.60. The molecule has 0 spiro atoms. The molecule has 0 aliphatic carbocycles. The van der Waals surface area contributed by atoms with E-state index >= 15 is 0 Å². The van der Waals surface area contributed by atoms with E-state index in [4.69, 9.17) is 21.1 Å². The highest BCUT2D eigenvalue weighted by atomic mass is 35.5. The fourth-order valence-electron chi connectivity index (χ4n) is 4.05. The predicted octanol–water partition coefficient (Wildman–Crippen LogP) is 3.60. The average Bonchev–Trinajstić information content (AvgIpc) is 3.20. The molecule has 1 fully saturated rings. The summed E-state index contributed by atoms with van der Waals surface area (Å²) in [4.78, 5) is 14.9. The number of fused-ring (bicyclic) bond motifs is 1. The molecule has 0 saturated carbocycles. The molecule has 1 amide bonds. The molecule has 144 valence electrons. The molecular weight excluding hydrogens is 366 g/mol. The summed E-state index contributed by atoms with van der Waals surface area (Å²) in [5.74, 6) is 1.51. The molecular formula is C20H24ClN3O3. The molecule has 2 aromatic rings. The van der Waals surface area contributed by atoms with Crippen molar-refractivity contribution in [3.05, 3.63) is 40.2 Å². The minimum absolute atomic E-state index is 0.00207. The van der Waals surface area contributed by atoms with Gasteiger partial charge in [0.25, 0.3) is 5.91 Å². The first kappa shape index (κ1) is 18.2. The quantitative estimate of drug-likeness (QED) is 0.804. The van der Waals surface area contributed by atoms with E-state index < -0.39 is 0 Å². The van der Waals surface area contributed by atoms with Gasteiger partial charge < -0.3 is 14.4 Å². The number of hydrogen-bond donors (Lipinski definition) is 0. The molecule has 2 aliphatic heterocycles. The summed E-state index contributed by atoms with van der Waals surface area (Å²) in [6.07, 6.45) is 2.92. The Morgan fingerprint density at radius 2 is 2.11 bits per heavy atom. The van der Waals surface area contributed by atoms with Gasteiger partial charge in [0.2, 0.25) is 6.79 Å². The summed E-state index contributed by atoms with van der Waals surface area (Å²) in [7, 11) is 1.80. The summed E-state index contributed by atoms with van der Waals surface area (Å²) >= 11 is 6.33. The van der Waals surface area contributed by atoms with Crippen LogP contribution in [0.3, 0.4) is 0 Å². The van der Waals surface area contributed by atoms with Crippen LogP contribution in [0.15, 0.2) is 18.2 Å². The van der Waals surface area contributed by atoms with Crippen molar-refractivity contribution in [3.8, 4) is 11.5 Å². The van der Waals surface area contributed by atoms with E-state index in [-0.39, 0.29) is 18.1 Å². The zero-order valence-corrected chi connectivity index (χ0v) is 16.7. The summed E-state index contributed by atoms with van der Waals surface area (Å²) in [6.45, 7) is 5.81. The molecule has 0 N–H and O–H groups in total. The zero-order chi connectivity index (χ0) is 19.2. The van der Waals surface area contributed by atoms with Crippen molar-refractivity contribution in [1.29, 1.82) is 0 Å². The number of likely N-dealkylation sites (tertiary alicyclic amines) is 1. The lowest BCUT2D eigenvalue weighted by atomic mass is 9.77. The normalized spacial score (nSPS) is 21.6. The Balaban J connectivity index is 1.51. The number of carbonyl (C=O) groups excluding carboxylic acids is 1. The van der Waals surface area contributed by atoms with Gasteiger partial charge in [-0.15, -0.1) is 0 Å². The van der Waals surface area contributed by atoms with Crippen LogP contribution in [0.4, 0.5) is 0 Å². The second kappa shape index (κ2) is 6.75. The maximum absolute atomic E-state index is 13.0. The number of carbonyl (C=O) groups is 1. The lowest BCUT2D eigenvalue weighted by molar-refractivity contribution is 0.0544. The summed E-state index contributed by atoms with van der Waals surface area (Å²) in [5, 5.41) is 4.77. The van der Waals surface area contributed by atoms with Gasteiger partial charge >= 0.3 is 0 Å². The van der Waals surface area contributed by atoms with E-state index in [1.54, 1.807) is 11.7 Å². The first-order valence-electron chi connectivity index (χ1n) is 9.23. The minimum Gasteiger partial charge on any atom is -0.454 e. The predicted molar refractivity (Wildman–Crippen MR) is 102 cm³/mol. The van der Waals surface area contributed by atoms with Crippen molar-refractivity contribution >= 4 is 17.5 Å². The lowest BCUT2D eigenvalue weighted by Gasteiger charge is -2.40. The third kappa shape index (κ3) is 3.38. The Morgan fingerprint density at radius 3 is 2.85 bits per heavy atom. The van der Waals surface area contributed by atoms with E-state index in [9.17, 15) is 4.79 Å². The maximum atomic E-state index is 13.0. The monoisotopic (exact) mass is 389 g/mol. The molecule has 2 aliphatic rings. The fraction of sp³-hybridized carbons (Fsp3) is 0.500. The first-order valence-corrected chi connectivity index (χ1v) is 9.61. The topological polar surface area (TPSA) is 56.6 Å². The highest BCUT2D eigenvalue weighted by Crippen LogP contribution is 2.38. The molecule has 1 unspecified atom stereocenters.